The number of carbonyl (C=O) groups is 1. The normalized spacial score (nSPS) is 10.4. The van der Waals surface area contributed by atoms with Gasteiger partial charge >= 0.3 is 0 Å². The summed E-state index contributed by atoms with van der Waals surface area (Å²) < 4.78 is 5.60. The van der Waals surface area contributed by atoms with Crippen molar-refractivity contribution in [2.45, 2.75) is 6.92 Å². The summed E-state index contributed by atoms with van der Waals surface area (Å²) in [5, 5.41) is 3.81. The van der Waals surface area contributed by atoms with Crippen molar-refractivity contribution in [3.05, 3.63) is 82.3 Å². The molecule has 0 unspecified atom stereocenters. The summed E-state index contributed by atoms with van der Waals surface area (Å²) in [5.41, 5.74) is 3.48. The quantitative estimate of drug-likeness (QED) is 0.585. The van der Waals surface area contributed by atoms with Crippen LogP contribution in [0.15, 0.2) is 66.7 Å². The first-order valence-electron chi connectivity index (χ1n) is 8.07. The summed E-state index contributed by atoms with van der Waals surface area (Å²) in [7, 11) is 0. The van der Waals surface area contributed by atoms with Gasteiger partial charge in [0.2, 0.25) is 0 Å². The number of aryl methyl sites for hydroxylation is 1. The molecule has 0 saturated heterocycles. The Labute approximate surface area is 162 Å². The number of benzene rings is 3. The number of halogens is 2. The second-order valence-electron chi connectivity index (χ2n) is 5.78. The summed E-state index contributed by atoms with van der Waals surface area (Å²) in [5.74, 6) is 0.196. The number of nitrogens with one attached hydrogen (secondary N) is 1. The zero-order chi connectivity index (χ0) is 18.5. The molecular formula is C21H17Cl2NO2. The van der Waals surface area contributed by atoms with E-state index in [1.165, 1.54) is 0 Å². The maximum absolute atomic E-state index is 12.4. The van der Waals surface area contributed by atoms with E-state index in [4.69, 9.17) is 27.9 Å². The molecule has 0 radical (unpaired) electrons. The fraction of sp³-hybridized carbons (Fsp3) is 0.0952. The van der Waals surface area contributed by atoms with E-state index in [-0.39, 0.29) is 12.5 Å². The minimum atomic E-state index is -0.265. The smallest absolute Gasteiger partial charge is 0.262 e. The van der Waals surface area contributed by atoms with Crippen LogP contribution in [0, 0.1) is 6.92 Å². The Morgan fingerprint density at radius 2 is 1.69 bits per heavy atom. The molecule has 0 atom stereocenters. The predicted octanol–water partition coefficient (Wildman–Crippen LogP) is 5.99. The average molecular weight is 386 g/mol. The van der Waals surface area contributed by atoms with Crippen LogP contribution in [0.1, 0.15) is 5.56 Å². The van der Waals surface area contributed by atoms with Gasteiger partial charge in [-0.3, -0.25) is 4.79 Å². The Bertz CT molecular complexity index is 903. The van der Waals surface area contributed by atoms with Crippen molar-refractivity contribution >= 4 is 34.8 Å². The van der Waals surface area contributed by atoms with Crippen molar-refractivity contribution in [2.75, 3.05) is 11.9 Å². The van der Waals surface area contributed by atoms with Gasteiger partial charge in [-0.2, -0.15) is 0 Å². The van der Waals surface area contributed by atoms with Gasteiger partial charge < -0.3 is 10.1 Å². The lowest BCUT2D eigenvalue weighted by molar-refractivity contribution is -0.118. The average Bonchev–Trinajstić information content (AvgIpc) is 2.62. The molecule has 3 aromatic carbocycles. The molecule has 0 heterocycles. The second kappa shape index (κ2) is 8.26. The Balaban J connectivity index is 1.72. The lowest BCUT2D eigenvalue weighted by Crippen LogP contribution is -2.21. The summed E-state index contributed by atoms with van der Waals surface area (Å²) in [4.78, 5) is 12.4. The van der Waals surface area contributed by atoms with Gasteiger partial charge in [-0.1, -0.05) is 71.7 Å². The summed E-state index contributed by atoms with van der Waals surface area (Å²) in [6.45, 7) is 1.68. The molecule has 0 fully saturated rings. The molecule has 0 aliphatic rings. The first-order valence-corrected chi connectivity index (χ1v) is 8.83. The van der Waals surface area contributed by atoms with Crippen molar-refractivity contribution in [3.63, 3.8) is 0 Å². The van der Waals surface area contributed by atoms with Crippen LogP contribution < -0.4 is 10.1 Å². The minimum Gasteiger partial charge on any atom is -0.482 e. The van der Waals surface area contributed by atoms with E-state index in [1.807, 2.05) is 61.5 Å². The molecule has 0 aliphatic heterocycles. The van der Waals surface area contributed by atoms with Crippen molar-refractivity contribution in [3.8, 4) is 16.9 Å². The first-order chi connectivity index (χ1) is 12.5. The fourth-order valence-corrected chi connectivity index (χ4v) is 3.31. The summed E-state index contributed by atoms with van der Waals surface area (Å²) in [6, 6.07) is 20.8. The highest BCUT2D eigenvalue weighted by Crippen LogP contribution is 2.32. The van der Waals surface area contributed by atoms with Crippen LogP contribution in [0.5, 0.6) is 5.75 Å². The number of hydrogen-bond donors (Lipinski definition) is 1. The zero-order valence-electron chi connectivity index (χ0n) is 14.1. The molecule has 1 N–H and O–H groups in total. The lowest BCUT2D eigenvalue weighted by Gasteiger charge is -2.13. The maximum Gasteiger partial charge on any atom is 0.262 e. The molecule has 3 nitrogen and oxygen atoms in total. The SMILES string of the molecule is Cc1cc(Cl)cc(Cl)c1OCC(=O)Nc1ccccc1-c1ccccc1. The van der Waals surface area contributed by atoms with E-state index < -0.39 is 0 Å². The Kier molecular flexibility index (Phi) is 5.82. The highest BCUT2D eigenvalue weighted by molar-refractivity contribution is 6.35. The van der Waals surface area contributed by atoms with Crippen molar-refractivity contribution in [1.29, 1.82) is 0 Å². The van der Waals surface area contributed by atoms with E-state index in [9.17, 15) is 4.79 Å². The van der Waals surface area contributed by atoms with Crippen molar-refractivity contribution in [2.24, 2.45) is 0 Å². The van der Waals surface area contributed by atoms with Gasteiger partial charge in [0.25, 0.3) is 5.91 Å². The molecular weight excluding hydrogens is 369 g/mol. The fourth-order valence-electron chi connectivity index (χ4n) is 2.66. The Hall–Kier alpha value is -2.49. The molecule has 132 valence electrons. The van der Waals surface area contributed by atoms with Crippen LogP contribution in [-0.4, -0.2) is 12.5 Å². The molecule has 1 amide bonds. The van der Waals surface area contributed by atoms with Gasteiger partial charge in [-0.25, -0.2) is 0 Å². The third kappa shape index (κ3) is 4.37. The summed E-state index contributed by atoms with van der Waals surface area (Å²) in [6.07, 6.45) is 0. The van der Waals surface area contributed by atoms with E-state index in [0.29, 0.717) is 15.8 Å². The molecule has 3 aromatic rings. The van der Waals surface area contributed by atoms with Crippen LogP contribution in [0.25, 0.3) is 11.1 Å². The Morgan fingerprint density at radius 3 is 2.42 bits per heavy atom. The summed E-state index contributed by atoms with van der Waals surface area (Å²) >= 11 is 12.1. The highest BCUT2D eigenvalue weighted by Gasteiger charge is 2.12. The maximum atomic E-state index is 12.4. The van der Waals surface area contributed by atoms with Gasteiger partial charge in [0.15, 0.2) is 6.61 Å². The number of rotatable bonds is 5. The molecule has 5 heteroatoms. The lowest BCUT2D eigenvalue weighted by atomic mass is 10.0. The van der Waals surface area contributed by atoms with Gasteiger partial charge in [0, 0.05) is 16.3 Å². The molecule has 0 bridgehead atoms. The number of para-hydroxylation sites is 1. The van der Waals surface area contributed by atoms with E-state index in [2.05, 4.69) is 5.32 Å². The molecule has 0 aromatic heterocycles. The number of amides is 1. The van der Waals surface area contributed by atoms with Gasteiger partial charge in [-0.15, -0.1) is 0 Å². The topological polar surface area (TPSA) is 38.3 Å². The van der Waals surface area contributed by atoms with E-state index in [1.54, 1.807) is 12.1 Å². The molecule has 0 spiro atoms. The Morgan fingerprint density at radius 1 is 1.00 bits per heavy atom. The van der Waals surface area contributed by atoms with Gasteiger partial charge in [-0.05, 0) is 36.2 Å². The number of hydrogen-bond acceptors (Lipinski definition) is 2. The third-order valence-electron chi connectivity index (χ3n) is 3.83. The van der Waals surface area contributed by atoms with E-state index in [0.717, 1.165) is 22.4 Å². The van der Waals surface area contributed by atoms with Crippen molar-refractivity contribution in [1.82, 2.24) is 0 Å². The predicted molar refractivity (Wildman–Crippen MR) is 107 cm³/mol. The first kappa shape index (κ1) is 18.3. The highest BCUT2D eigenvalue weighted by atomic mass is 35.5. The van der Waals surface area contributed by atoms with Crippen LogP contribution >= 0.6 is 23.2 Å². The monoisotopic (exact) mass is 385 g/mol. The van der Waals surface area contributed by atoms with Crippen LogP contribution in [0.3, 0.4) is 0 Å². The minimum absolute atomic E-state index is 0.148. The standard InChI is InChI=1S/C21H17Cl2NO2/c1-14-11-16(22)12-18(23)21(14)26-13-20(25)24-19-10-6-5-9-17(19)15-7-3-2-4-8-15/h2-12H,13H2,1H3,(H,24,25). The van der Waals surface area contributed by atoms with Crippen LogP contribution in [0.2, 0.25) is 10.0 Å². The largest absolute Gasteiger partial charge is 0.482 e. The molecule has 26 heavy (non-hydrogen) atoms. The second-order valence-corrected chi connectivity index (χ2v) is 6.63. The molecule has 0 saturated carbocycles. The number of anilines is 1. The third-order valence-corrected chi connectivity index (χ3v) is 4.33. The number of carbonyl (C=O) groups excluding carboxylic acids is 1. The van der Waals surface area contributed by atoms with Crippen molar-refractivity contribution < 1.29 is 9.53 Å². The molecule has 3 rings (SSSR count). The van der Waals surface area contributed by atoms with Gasteiger partial charge in [0.1, 0.15) is 5.75 Å². The zero-order valence-corrected chi connectivity index (χ0v) is 15.6. The van der Waals surface area contributed by atoms with Crippen LogP contribution in [-0.2, 0) is 4.79 Å². The van der Waals surface area contributed by atoms with Crippen LogP contribution in [0.4, 0.5) is 5.69 Å². The number of ether oxygens (including phenoxy) is 1. The van der Waals surface area contributed by atoms with E-state index >= 15 is 0 Å². The van der Waals surface area contributed by atoms with Gasteiger partial charge in [0.05, 0.1) is 5.02 Å². The molecule has 0 aliphatic carbocycles.